The fourth-order valence-corrected chi connectivity index (χ4v) is 6.66. The number of carbonyl (C=O) groups is 2. The van der Waals surface area contributed by atoms with E-state index in [0.717, 1.165) is 32.1 Å². The number of nitrogens with zero attached hydrogens (tertiary/aromatic N) is 1. The van der Waals surface area contributed by atoms with Gasteiger partial charge >= 0.3 is 0 Å². The highest BCUT2D eigenvalue weighted by Gasteiger charge is 2.20. The summed E-state index contributed by atoms with van der Waals surface area (Å²) in [5.74, 6) is -0.571. The lowest BCUT2D eigenvalue weighted by Crippen LogP contribution is -2.47. The predicted molar refractivity (Wildman–Crippen MR) is 215 cm³/mol. The minimum absolute atomic E-state index is 0.0730. The van der Waals surface area contributed by atoms with Crippen molar-refractivity contribution in [3.8, 4) is 0 Å². The van der Waals surface area contributed by atoms with Crippen LogP contribution >= 0.6 is 0 Å². The van der Waals surface area contributed by atoms with Gasteiger partial charge in [0.15, 0.2) is 5.03 Å². The SMILES string of the molecule is CCCCCCCCCCCCCCCCCCCCCC(=O)N[C@@H](CCCCNC(=N)N[N+](=O)[O-])C(=O)NCCCCCCCCCCCC. The van der Waals surface area contributed by atoms with Gasteiger partial charge in [-0.1, -0.05) is 193 Å². The fraction of sp³-hybridized carbons (Fsp3) is 0.927. The second-order valence-electron chi connectivity index (χ2n) is 14.9. The lowest BCUT2D eigenvalue weighted by Gasteiger charge is -2.19. The Morgan fingerprint density at radius 1 is 0.529 bits per heavy atom. The highest BCUT2D eigenvalue weighted by atomic mass is 16.7. The first-order chi connectivity index (χ1) is 24.9. The molecule has 0 aliphatic carbocycles. The first-order valence-electron chi connectivity index (χ1n) is 21.7. The van der Waals surface area contributed by atoms with E-state index in [-0.39, 0.29) is 17.8 Å². The Kier molecular flexibility index (Phi) is 37.0. The van der Waals surface area contributed by atoms with Crippen LogP contribution in [0.15, 0.2) is 0 Å². The maximum absolute atomic E-state index is 13.0. The van der Waals surface area contributed by atoms with Gasteiger partial charge in [-0.2, -0.15) is 0 Å². The summed E-state index contributed by atoms with van der Waals surface area (Å²) in [6.07, 6.45) is 39.6. The Morgan fingerprint density at radius 3 is 1.29 bits per heavy atom. The van der Waals surface area contributed by atoms with Crippen molar-refractivity contribution in [2.75, 3.05) is 13.1 Å². The van der Waals surface area contributed by atoms with E-state index in [1.54, 1.807) is 5.43 Å². The number of hydrogen-bond donors (Lipinski definition) is 5. The molecule has 0 rings (SSSR count). The Labute approximate surface area is 313 Å². The smallest absolute Gasteiger partial charge is 0.251 e. The Morgan fingerprint density at radius 2 is 0.882 bits per heavy atom. The number of nitrogens with one attached hydrogen (secondary N) is 5. The summed E-state index contributed by atoms with van der Waals surface area (Å²) < 4.78 is 0. The Bertz CT molecular complexity index is 828. The third kappa shape index (κ3) is 37.2. The van der Waals surface area contributed by atoms with Crippen LogP contribution in [0.5, 0.6) is 0 Å². The molecule has 51 heavy (non-hydrogen) atoms. The van der Waals surface area contributed by atoms with E-state index in [4.69, 9.17) is 5.41 Å². The number of carbonyl (C=O) groups excluding carboxylic acids is 2. The van der Waals surface area contributed by atoms with Gasteiger partial charge in [-0.15, -0.1) is 0 Å². The number of nitro groups is 1. The number of unbranched alkanes of at least 4 members (excludes halogenated alkanes) is 28. The number of rotatable bonds is 39. The Hall–Kier alpha value is -2.39. The van der Waals surface area contributed by atoms with Gasteiger partial charge in [0.2, 0.25) is 11.8 Å². The molecule has 0 aromatic carbocycles. The van der Waals surface area contributed by atoms with E-state index in [2.05, 4.69) is 29.8 Å². The summed E-state index contributed by atoms with van der Waals surface area (Å²) in [6, 6.07) is -0.586. The number of hydrazine groups is 1. The summed E-state index contributed by atoms with van der Waals surface area (Å²) in [5.41, 5.74) is 1.77. The lowest BCUT2D eigenvalue weighted by atomic mass is 10.0. The zero-order valence-corrected chi connectivity index (χ0v) is 33.4. The van der Waals surface area contributed by atoms with Crippen molar-refractivity contribution in [3.05, 3.63) is 10.1 Å². The van der Waals surface area contributed by atoms with Crippen molar-refractivity contribution in [1.29, 1.82) is 5.41 Å². The topological polar surface area (TPSA) is 149 Å². The van der Waals surface area contributed by atoms with E-state index < -0.39 is 11.1 Å². The van der Waals surface area contributed by atoms with Gasteiger partial charge in [0.1, 0.15) is 6.04 Å². The van der Waals surface area contributed by atoms with Crippen LogP contribution in [0.3, 0.4) is 0 Å². The van der Waals surface area contributed by atoms with Gasteiger partial charge in [-0.25, -0.2) is 10.1 Å². The predicted octanol–water partition coefficient (Wildman–Crippen LogP) is 10.8. The molecule has 0 spiro atoms. The first-order valence-corrected chi connectivity index (χ1v) is 21.7. The minimum Gasteiger partial charge on any atom is -0.354 e. The molecular weight excluding hydrogens is 640 g/mol. The van der Waals surface area contributed by atoms with Crippen molar-refractivity contribution in [2.45, 2.75) is 232 Å². The molecule has 10 nitrogen and oxygen atoms in total. The van der Waals surface area contributed by atoms with E-state index in [1.807, 2.05) is 0 Å². The van der Waals surface area contributed by atoms with Gasteiger partial charge in [0.05, 0.1) is 0 Å². The molecule has 5 N–H and O–H groups in total. The second kappa shape index (κ2) is 38.8. The number of amides is 2. The molecule has 0 heterocycles. The van der Waals surface area contributed by atoms with Crippen LogP contribution in [0, 0.1) is 15.5 Å². The molecule has 0 aliphatic heterocycles. The average Bonchev–Trinajstić information content (AvgIpc) is 3.10. The molecule has 0 aromatic heterocycles. The van der Waals surface area contributed by atoms with Gasteiger partial charge in [0.25, 0.3) is 5.96 Å². The maximum Gasteiger partial charge on any atom is 0.251 e. The summed E-state index contributed by atoms with van der Waals surface area (Å²) in [6.45, 7) is 5.51. The monoisotopic (exact) mass is 723 g/mol. The first kappa shape index (κ1) is 48.6. The number of hydrogen-bond acceptors (Lipinski definition) is 5. The summed E-state index contributed by atoms with van der Waals surface area (Å²) in [4.78, 5) is 36.3. The Balaban J connectivity index is 4.10. The van der Waals surface area contributed by atoms with Gasteiger partial charge < -0.3 is 16.0 Å². The summed E-state index contributed by atoms with van der Waals surface area (Å²) >= 11 is 0. The normalized spacial score (nSPS) is 11.6. The highest BCUT2D eigenvalue weighted by Crippen LogP contribution is 2.15. The van der Waals surface area contributed by atoms with Gasteiger partial charge in [-0.3, -0.25) is 15.0 Å². The van der Waals surface area contributed by atoms with Crippen molar-refractivity contribution < 1.29 is 14.6 Å². The van der Waals surface area contributed by atoms with Crippen molar-refractivity contribution in [3.63, 3.8) is 0 Å². The van der Waals surface area contributed by atoms with E-state index in [1.165, 1.54) is 154 Å². The lowest BCUT2D eigenvalue weighted by molar-refractivity contribution is -0.525. The molecule has 0 aliphatic rings. The van der Waals surface area contributed by atoms with Gasteiger partial charge in [-0.05, 0) is 32.1 Å². The third-order valence-corrected chi connectivity index (χ3v) is 9.91. The molecule has 0 bridgehead atoms. The zero-order chi connectivity index (χ0) is 37.5. The average molecular weight is 723 g/mol. The maximum atomic E-state index is 13.0. The molecule has 10 heteroatoms. The van der Waals surface area contributed by atoms with Crippen molar-refractivity contribution >= 4 is 17.8 Å². The molecule has 300 valence electrons. The van der Waals surface area contributed by atoms with Crippen LogP contribution in [0.1, 0.15) is 226 Å². The van der Waals surface area contributed by atoms with Crippen LogP contribution in [0.4, 0.5) is 0 Å². The van der Waals surface area contributed by atoms with Gasteiger partial charge in [0, 0.05) is 19.5 Å². The number of guanidine groups is 1. The molecule has 0 unspecified atom stereocenters. The molecule has 0 saturated carbocycles. The quantitative estimate of drug-likeness (QED) is 0.0140. The molecule has 1 atom stereocenters. The van der Waals surface area contributed by atoms with Crippen LogP contribution in [-0.4, -0.2) is 41.9 Å². The largest absolute Gasteiger partial charge is 0.354 e. The second-order valence-corrected chi connectivity index (χ2v) is 14.9. The molecule has 0 fully saturated rings. The summed E-state index contributed by atoms with van der Waals surface area (Å²) in [5, 5.41) is 25.8. The van der Waals surface area contributed by atoms with E-state index in [9.17, 15) is 19.7 Å². The standard InChI is InChI=1S/C41H82N6O4/c1-3-5-7-9-11-13-15-16-17-18-19-20-21-22-23-24-26-28-30-35-39(48)45-38(34-31-33-37-44-41(42)46-47(50)51)40(49)43-36-32-29-27-25-14-12-10-8-6-4-2/h38H,3-37H2,1-2H3,(H,43,49)(H,45,48)(H3,42,44,46)/t38-/m0/s1. The molecular formula is C41H82N6O4. The molecule has 0 aromatic rings. The fourth-order valence-electron chi connectivity index (χ4n) is 6.66. The minimum atomic E-state index is -0.777. The van der Waals surface area contributed by atoms with Crippen LogP contribution in [0.2, 0.25) is 0 Å². The molecule has 2 amide bonds. The van der Waals surface area contributed by atoms with E-state index in [0.29, 0.717) is 38.8 Å². The van der Waals surface area contributed by atoms with Crippen LogP contribution < -0.4 is 21.4 Å². The zero-order valence-electron chi connectivity index (χ0n) is 33.4. The highest BCUT2D eigenvalue weighted by molar-refractivity contribution is 5.87. The molecule has 0 radical (unpaired) electrons. The van der Waals surface area contributed by atoms with E-state index >= 15 is 0 Å². The van der Waals surface area contributed by atoms with Crippen LogP contribution in [-0.2, 0) is 9.59 Å². The third-order valence-electron chi connectivity index (χ3n) is 9.91. The van der Waals surface area contributed by atoms with Crippen molar-refractivity contribution in [1.82, 2.24) is 21.4 Å². The van der Waals surface area contributed by atoms with Crippen LogP contribution in [0.25, 0.3) is 0 Å². The molecule has 0 saturated heterocycles. The summed E-state index contributed by atoms with van der Waals surface area (Å²) in [7, 11) is 0. The van der Waals surface area contributed by atoms with Crippen molar-refractivity contribution in [2.24, 2.45) is 0 Å².